The maximum Gasteiger partial charge on any atom is 0.244 e. The van der Waals surface area contributed by atoms with Crippen LogP contribution in [0.5, 0.6) is 0 Å². The first-order valence-electron chi connectivity index (χ1n) is 6.43. The molecular formula is C16H12ClFN2O. The summed E-state index contributed by atoms with van der Waals surface area (Å²) in [5, 5.41) is 4.09. The van der Waals surface area contributed by atoms with Crippen molar-refractivity contribution in [1.29, 1.82) is 0 Å². The predicted octanol–water partition coefficient (Wildman–Crippen LogP) is 4.07. The highest BCUT2D eigenvalue weighted by Gasteiger charge is 2.09. The van der Waals surface area contributed by atoms with E-state index in [2.05, 4.69) is 5.32 Å². The number of hydrogen-bond acceptors (Lipinski definition) is 1. The third-order valence-corrected chi connectivity index (χ3v) is 3.55. The molecule has 0 unspecified atom stereocenters. The Bertz CT molecular complexity index is 813. The average Bonchev–Trinajstić information content (AvgIpc) is 2.86. The molecular weight excluding hydrogens is 291 g/mol. The fourth-order valence-electron chi connectivity index (χ4n) is 2.23. The molecule has 0 atom stereocenters. The van der Waals surface area contributed by atoms with Crippen molar-refractivity contribution >= 4 is 34.1 Å². The van der Waals surface area contributed by atoms with Crippen molar-refractivity contribution < 1.29 is 9.18 Å². The first kappa shape index (κ1) is 13.6. The third-order valence-electron chi connectivity index (χ3n) is 3.22. The molecule has 0 fully saturated rings. The van der Waals surface area contributed by atoms with Crippen molar-refractivity contribution in [3.63, 3.8) is 0 Å². The van der Waals surface area contributed by atoms with Gasteiger partial charge < -0.3 is 9.88 Å². The largest absolute Gasteiger partial charge is 0.338 e. The first-order chi connectivity index (χ1) is 10.1. The minimum absolute atomic E-state index is 0.0954. The normalized spacial score (nSPS) is 10.8. The van der Waals surface area contributed by atoms with Crippen molar-refractivity contribution in [3.8, 4) is 0 Å². The fraction of sp³-hybridized carbons (Fsp3) is 0.0625. The van der Waals surface area contributed by atoms with Crippen LogP contribution >= 0.6 is 11.6 Å². The molecule has 1 amide bonds. The van der Waals surface area contributed by atoms with Gasteiger partial charge in [0.05, 0.1) is 5.69 Å². The van der Waals surface area contributed by atoms with Gasteiger partial charge in [0.1, 0.15) is 12.4 Å². The average molecular weight is 303 g/mol. The van der Waals surface area contributed by atoms with Crippen molar-refractivity contribution in [2.75, 3.05) is 5.32 Å². The summed E-state index contributed by atoms with van der Waals surface area (Å²) in [4.78, 5) is 12.0. The number of para-hydroxylation sites is 1. The Labute approximate surface area is 125 Å². The lowest BCUT2D eigenvalue weighted by Crippen LogP contribution is -2.18. The molecule has 0 spiro atoms. The van der Waals surface area contributed by atoms with Crippen LogP contribution in [0.25, 0.3) is 10.9 Å². The highest BCUT2D eigenvalue weighted by atomic mass is 35.5. The van der Waals surface area contributed by atoms with Gasteiger partial charge in [-0.25, -0.2) is 4.39 Å². The van der Waals surface area contributed by atoms with Crippen molar-refractivity contribution in [1.82, 2.24) is 4.57 Å². The summed E-state index contributed by atoms with van der Waals surface area (Å²) in [7, 11) is 0. The molecule has 0 aliphatic rings. The molecule has 0 bridgehead atoms. The SMILES string of the molecule is O=C(Cn1ccc2c(Cl)cccc21)Nc1ccccc1F. The smallest absolute Gasteiger partial charge is 0.244 e. The zero-order chi connectivity index (χ0) is 14.8. The highest BCUT2D eigenvalue weighted by molar-refractivity contribution is 6.35. The Hall–Kier alpha value is -2.33. The minimum atomic E-state index is -0.453. The Morgan fingerprint density at radius 1 is 1.14 bits per heavy atom. The van der Waals surface area contributed by atoms with E-state index >= 15 is 0 Å². The summed E-state index contributed by atoms with van der Waals surface area (Å²) < 4.78 is 15.3. The van der Waals surface area contributed by atoms with Gasteiger partial charge in [-0.1, -0.05) is 29.8 Å². The molecule has 3 nitrogen and oxygen atoms in total. The van der Waals surface area contributed by atoms with Crippen molar-refractivity contribution in [2.45, 2.75) is 6.54 Å². The van der Waals surface area contributed by atoms with Gasteiger partial charge in [0.25, 0.3) is 0 Å². The Balaban J connectivity index is 1.81. The van der Waals surface area contributed by atoms with Crippen LogP contribution in [0, 0.1) is 5.82 Å². The number of hydrogen-bond donors (Lipinski definition) is 1. The van der Waals surface area contributed by atoms with E-state index < -0.39 is 5.82 Å². The molecule has 3 rings (SSSR count). The van der Waals surface area contributed by atoms with Crippen LogP contribution in [0.2, 0.25) is 5.02 Å². The third kappa shape index (κ3) is 2.76. The lowest BCUT2D eigenvalue weighted by molar-refractivity contribution is -0.116. The second-order valence-electron chi connectivity index (χ2n) is 4.64. The topological polar surface area (TPSA) is 34.0 Å². The molecule has 1 N–H and O–H groups in total. The van der Waals surface area contributed by atoms with E-state index in [-0.39, 0.29) is 18.1 Å². The van der Waals surface area contributed by atoms with E-state index in [9.17, 15) is 9.18 Å². The van der Waals surface area contributed by atoms with E-state index in [1.807, 2.05) is 18.2 Å². The Morgan fingerprint density at radius 2 is 1.95 bits per heavy atom. The summed E-state index contributed by atoms with van der Waals surface area (Å²) in [5.74, 6) is -0.746. The Morgan fingerprint density at radius 3 is 2.76 bits per heavy atom. The van der Waals surface area contributed by atoms with Crippen LogP contribution in [0.4, 0.5) is 10.1 Å². The van der Waals surface area contributed by atoms with Gasteiger partial charge in [-0.05, 0) is 30.3 Å². The molecule has 1 aromatic heterocycles. The lowest BCUT2D eigenvalue weighted by atomic mass is 10.2. The number of nitrogens with zero attached hydrogens (tertiary/aromatic N) is 1. The number of benzene rings is 2. The van der Waals surface area contributed by atoms with Gasteiger partial charge in [0.2, 0.25) is 5.91 Å². The molecule has 0 aliphatic carbocycles. The number of anilines is 1. The van der Waals surface area contributed by atoms with E-state index in [4.69, 9.17) is 11.6 Å². The number of aromatic nitrogens is 1. The second-order valence-corrected chi connectivity index (χ2v) is 5.05. The number of fused-ring (bicyclic) bond motifs is 1. The number of carbonyl (C=O) groups excluding carboxylic acids is 1. The minimum Gasteiger partial charge on any atom is -0.338 e. The van der Waals surface area contributed by atoms with Crippen LogP contribution in [0.3, 0.4) is 0 Å². The summed E-state index contributed by atoms with van der Waals surface area (Å²) in [6.45, 7) is 0.0954. The fourth-order valence-corrected chi connectivity index (χ4v) is 2.46. The summed E-state index contributed by atoms with van der Waals surface area (Å²) in [6.07, 6.45) is 1.79. The van der Waals surface area contributed by atoms with Gasteiger partial charge in [-0.3, -0.25) is 4.79 Å². The summed E-state index contributed by atoms with van der Waals surface area (Å²) in [6, 6.07) is 13.4. The quantitative estimate of drug-likeness (QED) is 0.777. The lowest BCUT2D eigenvalue weighted by Gasteiger charge is -2.08. The van der Waals surface area contributed by atoms with Crippen molar-refractivity contribution in [3.05, 3.63) is 65.6 Å². The van der Waals surface area contributed by atoms with Gasteiger partial charge in [0, 0.05) is 22.1 Å². The van der Waals surface area contributed by atoms with Crippen LogP contribution in [-0.4, -0.2) is 10.5 Å². The monoisotopic (exact) mass is 302 g/mol. The molecule has 2 aromatic carbocycles. The van der Waals surface area contributed by atoms with Crippen LogP contribution in [0.15, 0.2) is 54.7 Å². The number of carbonyl (C=O) groups is 1. The molecule has 0 saturated carbocycles. The molecule has 0 saturated heterocycles. The van der Waals surface area contributed by atoms with E-state index in [0.717, 1.165) is 10.9 Å². The van der Waals surface area contributed by atoms with Gasteiger partial charge in [-0.2, -0.15) is 0 Å². The summed E-state index contributed by atoms with van der Waals surface area (Å²) in [5.41, 5.74) is 1.04. The van der Waals surface area contributed by atoms with Crippen LogP contribution in [0.1, 0.15) is 0 Å². The van der Waals surface area contributed by atoms with Crippen LogP contribution in [-0.2, 0) is 11.3 Å². The molecule has 21 heavy (non-hydrogen) atoms. The zero-order valence-electron chi connectivity index (χ0n) is 11.0. The predicted molar refractivity (Wildman–Crippen MR) is 82.0 cm³/mol. The first-order valence-corrected chi connectivity index (χ1v) is 6.81. The standard InChI is InChI=1S/C16H12ClFN2O/c17-12-4-3-7-15-11(12)8-9-20(15)10-16(21)19-14-6-2-1-5-13(14)18/h1-9H,10H2,(H,19,21). The van der Waals surface area contributed by atoms with Gasteiger partial charge in [-0.15, -0.1) is 0 Å². The van der Waals surface area contributed by atoms with Gasteiger partial charge >= 0.3 is 0 Å². The van der Waals surface area contributed by atoms with Crippen LogP contribution < -0.4 is 5.32 Å². The van der Waals surface area contributed by atoms with E-state index in [1.165, 1.54) is 12.1 Å². The highest BCUT2D eigenvalue weighted by Crippen LogP contribution is 2.24. The second kappa shape index (κ2) is 5.58. The molecule has 0 aliphatic heterocycles. The number of halogens is 2. The molecule has 3 aromatic rings. The van der Waals surface area contributed by atoms with Gasteiger partial charge in [0.15, 0.2) is 0 Å². The molecule has 5 heteroatoms. The number of amides is 1. The zero-order valence-corrected chi connectivity index (χ0v) is 11.8. The Kier molecular flexibility index (Phi) is 3.62. The van der Waals surface area contributed by atoms with E-state index in [1.54, 1.807) is 29.0 Å². The summed E-state index contributed by atoms with van der Waals surface area (Å²) >= 11 is 6.09. The maximum absolute atomic E-state index is 13.5. The molecule has 0 radical (unpaired) electrons. The number of rotatable bonds is 3. The molecule has 106 valence electrons. The van der Waals surface area contributed by atoms with E-state index in [0.29, 0.717) is 5.02 Å². The maximum atomic E-state index is 13.5. The number of nitrogens with one attached hydrogen (secondary N) is 1. The molecule has 1 heterocycles. The van der Waals surface area contributed by atoms with Crippen molar-refractivity contribution in [2.24, 2.45) is 0 Å².